The molecule has 39 heavy (non-hydrogen) atoms. The Bertz CT molecular complexity index is 1340. The molecule has 0 saturated carbocycles. The van der Waals surface area contributed by atoms with Crippen molar-refractivity contribution in [1.82, 2.24) is 0 Å². The van der Waals surface area contributed by atoms with Gasteiger partial charge in [0.05, 0.1) is 24.9 Å². The summed E-state index contributed by atoms with van der Waals surface area (Å²) in [6.45, 7) is 6.58. The van der Waals surface area contributed by atoms with E-state index < -0.39 is 0 Å². The fourth-order valence-corrected chi connectivity index (χ4v) is 5.74. The quantitative estimate of drug-likeness (QED) is 0.406. The van der Waals surface area contributed by atoms with Gasteiger partial charge in [0.25, 0.3) is 5.91 Å². The first-order valence-corrected chi connectivity index (χ1v) is 13.8. The van der Waals surface area contributed by atoms with Crippen LogP contribution >= 0.6 is 11.6 Å². The summed E-state index contributed by atoms with van der Waals surface area (Å²) in [4.78, 5) is 35.1. The molecular weight excluding hydrogens is 512 g/mol. The molecule has 2 aliphatic rings. The number of ether oxygens (including phenoxy) is 1. The highest BCUT2D eigenvalue weighted by atomic mass is 35.5. The van der Waals surface area contributed by atoms with Gasteiger partial charge in [-0.25, -0.2) is 0 Å². The number of carbonyl (C=O) groups excluding carboxylic acids is 2. The van der Waals surface area contributed by atoms with Crippen molar-refractivity contribution in [3.8, 4) is 0 Å². The number of carbonyl (C=O) groups is 2. The zero-order chi connectivity index (χ0) is 27.7. The van der Waals surface area contributed by atoms with Crippen molar-refractivity contribution in [2.75, 3.05) is 60.0 Å². The number of halogens is 1. The first-order valence-electron chi connectivity index (χ1n) is 13.4. The van der Waals surface area contributed by atoms with Crippen molar-refractivity contribution in [3.63, 3.8) is 0 Å². The molecule has 0 aliphatic carbocycles. The van der Waals surface area contributed by atoms with Gasteiger partial charge in [0, 0.05) is 67.8 Å². The van der Waals surface area contributed by atoms with Gasteiger partial charge in [-0.05, 0) is 79.6 Å². The lowest BCUT2D eigenvalue weighted by Crippen LogP contribution is -2.47. The molecule has 2 atom stereocenters. The third-order valence-electron chi connectivity index (χ3n) is 7.62. The Morgan fingerprint density at radius 1 is 0.923 bits per heavy atom. The van der Waals surface area contributed by atoms with Crippen molar-refractivity contribution in [3.05, 3.63) is 82.9 Å². The van der Waals surface area contributed by atoms with Crippen LogP contribution in [-0.4, -0.2) is 58.3 Å². The first kappa shape index (κ1) is 27.0. The number of benzene rings is 3. The van der Waals surface area contributed by atoms with Crippen LogP contribution in [0.5, 0.6) is 0 Å². The molecule has 7 nitrogen and oxygen atoms in total. The van der Waals surface area contributed by atoms with Crippen LogP contribution in [0, 0.1) is 0 Å². The maximum absolute atomic E-state index is 14.0. The predicted molar refractivity (Wildman–Crippen MR) is 158 cm³/mol. The Hall–Kier alpha value is -3.55. The molecule has 1 fully saturated rings. The van der Waals surface area contributed by atoms with Gasteiger partial charge in [-0.1, -0.05) is 17.7 Å². The van der Waals surface area contributed by atoms with Crippen LogP contribution in [0.3, 0.4) is 0 Å². The van der Waals surface area contributed by atoms with Gasteiger partial charge in [0.1, 0.15) is 0 Å². The number of fused-ring (bicyclic) bond motifs is 1. The minimum Gasteiger partial charge on any atom is -0.378 e. The standard InChI is InChI=1S/C31H35ClN4O3/c1-21-19-29(36(22(2)37)26-11-7-24(32)8-12-26)28-14-13-27(34-15-17-39-18-16-34)20-30(28)35(21)31(38)23-5-9-25(10-6-23)33(3)4/h5-14,20-21,29H,15-19H2,1-4H3. The van der Waals surface area contributed by atoms with Crippen LogP contribution in [0.25, 0.3) is 0 Å². The van der Waals surface area contributed by atoms with Gasteiger partial charge in [0.15, 0.2) is 0 Å². The lowest BCUT2D eigenvalue weighted by Gasteiger charge is -2.44. The number of anilines is 4. The topological polar surface area (TPSA) is 56.3 Å². The molecule has 5 rings (SSSR count). The Balaban J connectivity index is 1.60. The monoisotopic (exact) mass is 546 g/mol. The fourth-order valence-electron chi connectivity index (χ4n) is 5.61. The molecule has 0 spiro atoms. The highest BCUT2D eigenvalue weighted by Crippen LogP contribution is 2.44. The Morgan fingerprint density at radius 2 is 1.56 bits per heavy atom. The minimum absolute atomic E-state index is 0.0486. The SMILES string of the molecule is CC(=O)N(c1ccc(Cl)cc1)C1CC(C)N(C(=O)c2ccc(N(C)C)cc2)c2cc(N3CCOCC3)ccc21. The molecule has 2 unspecified atom stereocenters. The van der Waals surface area contributed by atoms with Crippen LogP contribution in [0.4, 0.5) is 22.7 Å². The van der Waals surface area contributed by atoms with Crippen molar-refractivity contribution in [2.24, 2.45) is 0 Å². The minimum atomic E-state index is -0.229. The van der Waals surface area contributed by atoms with E-state index in [-0.39, 0.29) is 23.9 Å². The summed E-state index contributed by atoms with van der Waals surface area (Å²) in [5, 5.41) is 0.617. The van der Waals surface area contributed by atoms with Crippen LogP contribution in [0.1, 0.15) is 42.2 Å². The van der Waals surface area contributed by atoms with Crippen LogP contribution < -0.4 is 19.6 Å². The molecule has 3 aromatic rings. The van der Waals surface area contributed by atoms with E-state index in [4.69, 9.17) is 16.3 Å². The van der Waals surface area contributed by atoms with Crippen LogP contribution in [0.2, 0.25) is 5.02 Å². The van der Waals surface area contributed by atoms with E-state index in [1.165, 1.54) is 0 Å². The van der Waals surface area contributed by atoms with Crippen molar-refractivity contribution in [2.45, 2.75) is 32.4 Å². The van der Waals surface area contributed by atoms with Gasteiger partial charge < -0.3 is 24.3 Å². The first-order chi connectivity index (χ1) is 18.7. The zero-order valence-corrected chi connectivity index (χ0v) is 23.7. The molecule has 3 aromatic carbocycles. The van der Waals surface area contributed by atoms with Crippen molar-refractivity contribution in [1.29, 1.82) is 0 Å². The van der Waals surface area contributed by atoms with Gasteiger partial charge >= 0.3 is 0 Å². The molecule has 0 aromatic heterocycles. The molecule has 8 heteroatoms. The summed E-state index contributed by atoms with van der Waals surface area (Å²) < 4.78 is 5.56. The summed E-state index contributed by atoms with van der Waals surface area (Å²) >= 11 is 6.15. The lowest BCUT2D eigenvalue weighted by molar-refractivity contribution is -0.117. The molecule has 0 bridgehead atoms. The average molecular weight is 547 g/mol. The molecule has 1 saturated heterocycles. The Kier molecular flexibility index (Phi) is 7.82. The van der Waals surface area contributed by atoms with Gasteiger partial charge in [-0.3, -0.25) is 9.59 Å². The largest absolute Gasteiger partial charge is 0.378 e. The van der Waals surface area contributed by atoms with E-state index in [1.54, 1.807) is 19.1 Å². The maximum Gasteiger partial charge on any atom is 0.258 e. The average Bonchev–Trinajstić information content (AvgIpc) is 2.94. The molecule has 2 aliphatic heterocycles. The number of hydrogen-bond donors (Lipinski definition) is 0. The van der Waals surface area contributed by atoms with E-state index in [0.717, 1.165) is 41.4 Å². The molecule has 0 radical (unpaired) electrons. The van der Waals surface area contributed by atoms with E-state index in [0.29, 0.717) is 30.2 Å². The maximum atomic E-state index is 14.0. The smallest absolute Gasteiger partial charge is 0.258 e. The van der Waals surface area contributed by atoms with E-state index >= 15 is 0 Å². The third kappa shape index (κ3) is 5.47. The normalized spacial score (nSPS) is 18.9. The number of hydrogen-bond acceptors (Lipinski definition) is 5. The number of rotatable bonds is 5. The Labute approximate surface area is 235 Å². The second kappa shape index (κ2) is 11.3. The molecule has 2 amide bonds. The third-order valence-corrected chi connectivity index (χ3v) is 7.87. The molecular formula is C31H35ClN4O3. The predicted octanol–water partition coefficient (Wildman–Crippen LogP) is 5.78. The second-order valence-corrected chi connectivity index (χ2v) is 10.9. The van der Waals surface area contributed by atoms with Gasteiger partial charge in [0.2, 0.25) is 5.91 Å². The summed E-state index contributed by atoms with van der Waals surface area (Å²) in [5.74, 6) is -0.107. The number of amides is 2. The summed E-state index contributed by atoms with van der Waals surface area (Å²) in [7, 11) is 3.96. The van der Waals surface area contributed by atoms with Crippen LogP contribution in [0.15, 0.2) is 66.7 Å². The summed E-state index contributed by atoms with van der Waals surface area (Å²) in [6, 6.07) is 21.0. The van der Waals surface area contributed by atoms with E-state index in [1.807, 2.05) is 65.2 Å². The second-order valence-electron chi connectivity index (χ2n) is 10.4. The lowest BCUT2D eigenvalue weighted by atomic mass is 9.89. The van der Waals surface area contributed by atoms with Crippen molar-refractivity contribution >= 4 is 46.2 Å². The highest BCUT2D eigenvalue weighted by molar-refractivity contribution is 6.30. The zero-order valence-electron chi connectivity index (χ0n) is 22.9. The van der Waals surface area contributed by atoms with E-state index in [9.17, 15) is 9.59 Å². The number of nitrogens with zero attached hydrogens (tertiary/aromatic N) is 4. The fraction of sp³-hybridized carbons (Fsp3) is 0.355. The summed E-state index contributed by atoms with van der Waals surface area (Å²) in [5.41, 5.74) is 5.29. The van der Waals surface area contributed by atoms with E-state index in [2.05, 4.69) is 30.0 Å². The molecule has 2 heterocycles. The number of morpholine rings is 1. The van der Waals surface area contributed by atoms with Gasteiger partial charge in [-0.2, -0.15) is 0 Å². The molecule has 0 N–H and O–H groups in total. The summed E-state index contributed by atoms with van der Waals surface area (Å²) in [6.07, 6.45) is 0.605. The van der Waals surface area contributed by atoms with Crippen molar-refractivity contribution < 1.29 is 14.3 Å². The Morgan fingerprint density at radius 3 is 2.18 bits per heavy atom. The van der Waals surface area contributed by atoms with Gasteiger partial charge in [-0.15, -0.1) is 0 Å². The highest BCUT2D eigenvalue weighted by Gasteiger charge is 2.38. The van der Waals surface area contributed by atoms with Crippen LogP contribution in [-0.2, 0) is 9.53 Å². The molecule has 204 valence electrons.